The summed E-state index contributed by atoms with van der Waals surface area (Å²) in [4.78, 5) is 53.4. The molecule has 0 spiro atoms. The molecule has 1 N–H and O–H groups in total. The summed E-state index contributed by atoms with van der Waals surface area (Å²) >= 11 is 0. The van der Waals surface area contributed by atoms with Gasteiger partial charge in [-0.1, -0.05) is 20.8 Å². The molecule has 0 amide bonds. The number of nitrogens with zero attached hydrogens (tertiary/aromatic N) is 1. The quantitative estimate of drug-likeness (QED) is 0.767. The molecule has 1 aliphatic carbocycles. The minimum Gasteiger partial charge on any atom is -0.318 e. The van der Waals surface area contributed by atoms with E-state index in [4.69, 9.17) is 0 Å². The fourth-order valence-electron chi connectivity index (χ4n) is 4.06. The smallest absolute Gasteiger partial charge is 0.251 e. The van der Waals surface area contributed by atoms with Crippen molar-refractivity contribution in [3.8, 4) is 0 Å². The molecule has 2 heterocycles. The minimum absolute atomic E-state index is 0.0206. The highest BCUT2D eigenvalue weighted by molar-refractivity contribution is 6.27. The second-order valence-corrected chi connectivity index (χ2v) is 7.96. The molecule has 6 nitrogen and oxygen atoms in total. The maximum absolute atomic E-state index is 13.2. The standard InChI is InChI=1S/C21H24N2O4/c1-10(2)6-11(3)9-23-15(25)8-13(5)17-19(23)21(27)18-16(20(17)26)12(4)7-14(24)22-18/h7-8,10-11H,6,9H2,1-5H3,(H,22,24). The number of hydrogen-bond acceptors (Lipinski definition) is 4. The largest absolute Gasteiger partial charge is 0.318 e. The van der Waals surface area contributed by atoms with Crippen LogP contribution in [0.2, 0.25) is 0 Å². The maximum Gasteiger partial charge on any atom is 0.251 e. The van der Waals surface area contributed by atoms with Crippen LogP contribution in [0.3, 0.4) is 0 Å². The highest BCUT2D eigenvalue weighted by Crippen LogP contribution is 2.29. The Kier molecular flexibility index (Phi) is 4.76. The Morgan fingerprint density at radius 2 is 1.56 bits per heavy atom. The van der Waals surface area contributed by atoms with Gasteiger partial charge in [0.05, 0.1) is 11.1 Å². The average molecular weight is 368 g/mol. The molecule has 0 aromatic carbocycles. The summed E-state index contributed by atoms with van der Waals surface area (Å²) in [5.74, 6) is -0.182. The van der Waals surface area contributed by atoms with Gasteiger partial charge in [-0.3, -0.25) is 19.2 Å². The van der Waals surface area contributed by atoms with Crippen molar-refractivity contribution in [2.45, 2.75) is 47.6 Å². The van der Waals surface area contributed by atoms with Crippen molar-refractivity contribution >= 4 is 11.6 Å². The third kappa shape index (κ3) is 3.20. The van der Waals surface area contributed by atoms with Gasteiger partial charge in [-0.05, 0) is 43.2 Å². The lowest BCUT2D eigenvalue weighted by atomic mass is 9.85. The van der Waals surface area contributed by atoms with Crippen molar-refractivity contribution < 1.29 is 9.59 Å². The van der Waals surface area contributed by atoms with Crippen molar-refractivity contribution in [1.29, 1.82) is 0 Å². The van der Waals surface area contributed by atoms with E-state index >= 15 is 0 Å². The van der Waals surface area contributed by atoms with Gasteiger partial charge in [-0.15, -0.1) is 0 Å². The molecule has 1 aliphatic rings. The maximum atomic E-state index is 13.2. The van der Waals surface area contributed by atoms with E-state index < -0.39 is 11.3 Å². The fraction of sp³-hybridized carbons (Fsp3) is 0.429. The molecule has 2 aromatic heterocycles. The predicted molar refractivity (Wildman–Crippen MR) is 103 cm³/mol. The van der Waals surface area contributed by atoms with E-state index in [0.717, 1.165) is 6.42 Å². The third-order valence-electron chi connectivity index (χ3n) is 5.01. The van der Waals surface area contributed by atoms with Gasteiger partial charge >= 0.3 is 0 Å². The van der Waals surface area contributed by atoms with Crippen LogP contribution in [0.5, 0.6) is 0 Å². The van der Waals surface area contributed by atoms with Crippen molar-refractivity contribution in [2.75, 3.05) is 0 Å². The van der Waals surface area contributed by atoms with Crippen molar-refractivity contribution in [2.24, 2.45) is 11.8 Å². The Balaban J connectivity index is 2.26. The minimum atomic E-state index is -0.474. The molecule has 0 aliphatic heterocycles. The number of carbonyl (C=O) groups excluding carboxylic acids is 2. The second kappa shape index (κ2) is 6.76. The number of aromatic nitrogens is 2. The number of carbonyl (C=O) groups is 2. The SMILES string of the molecule is Cc1cc(=O)[nH]c2c1C(=O)c1c(C)cc(=O)n(CC(C)CC(C)C)c1C2=O. The molecule has 1 atom stereocenters. The van der Waals surface area contributed by atoms with Crippen molar-refractivity contribution in [1.82, 2.24) is 9.55 Å². The molecule has 6 heteroatoms. The molecule has 3 rings (SSSR count). The summed E-state index contributed by atoms with van der Waals surface area (Å²) in [6, 6.07) is 2.73. The van der Waals surface area contributed by atoms with Gasteiger partial charge in [0.15, 0.2) is 5.78 Å². The van der Waals surface area contributed by atoms with E-state index in [1.807, 2.05) is 6.92 Å². The predicted octanol–water partition coefficient (Wildman–Crippen LogP) is 2.61. The summed E-state index contributed by atoms with van der Waals surface area (Å²) in [5.41, 5.74) is 0.754. The number of pyridine rings is 2. The Morgan fingerprint density at radius 1 is 0.926 bits per heavy atom. The van der Waals surface area contributed by atoms with Crippen LogP contribution < -0.4 is 11.1 Å². The first-order valence-corrected chi connectivity index (χ1v) is 9.19. The number of ketones is 2. The van der Waals surface area contributed by atoms with Crippen LogP contribution in [0.25, 0.3) is 0 Å². The van der Waals surface area contributed by atoms with Crippen LogP contribution in [-0.2, 0) is 6.54 Å². The van der Waals surface area contributed by atoms with Gasteiger partial charge in [0, 0.05) is 18.7 Å². The van der Waals surface area contributed by atoms with Crippen LogP contribution >= 0.6 is 0 Å². The van der Waals surface area contributed by atoms with Gasteiger partial charge in [0.2, 0.25) is 11.3 Å². The lowest BCUT2D eigenvalue weighted by Gasteiger charge is -2.25. The molecule has 2 aromatic rings. The Bertz CT molecular complexity index is 1070. The Hall–Kier alpha value is -2.76. The van der Waals surface area contributed by atoms with E-state index in [-0.39, 0.29) is 39.8 Å². The van der Waals surface area contributed by atoms with Crippen LogP contribution in [0, 0.1) is 25.7 Å². The molecular formula is C21H24N2O4. The summed E-state index contributed by atoms with van der Waals surface area (Å²) in [7, 11) is 0. The van der Waals surface area contributed by atoms with Crippen LogP contribution in [0.4, 0.5) is 0 Å². The highest BCUT2D eigenvalue weighted by atomic mass is 16.2. The normalized spacial score (nSPS) is 14.3. The first kappa shape index (κ1) is 19.0. The van der Waals surface area contributed by atoms with Crippen molar-refractivity contribution in [3.63, 3.8) is 0 Å². The molecule has 27 heavy (non-hydrogen) atoms. The zero-order valence-corrected chi connectivity index (χ0v) is 16.3. The first-order valence-electron chi connectivity index (χ1n) is 9.19. The van der Waals surface area contributed by atoms with E-state index in [1.54, 1.807) is 13.8 Å². The lowest BCUT2D eigenvalue weighted by Crippen LogP contribution is -2.36. The van der Waals surface area contributed by atoms with E-state index in [1.165, 1.54) is 16.7 Å². The Labute approximate surface area is 157 Å². The van der Waals surface area contributed by atoms with E-state index in [9.17, 15) is 19.2 Å². The highest BCUT2D eigenvalue weighted by Gasteiger charge is 2.36. The fourth-order valence-corrected chi connectivity index (χ4v) is 4.06. The summed E-state index contributed by atoms with van der Waals surface area (Å²) in [6.45, 7) is 9.88. The van der Waals surface area contributed by atoms with Crippen LogP contribution in [0.1, 0.15) is 70.4 Å². The monoisotopic (exact) mass is 368 g/mol. The number of aryl methyl sites for hydroxylation is 2. The second-order valence-electron chi connectivity index (χ2n) is 7.96. The number of rotatable bonds is 4. The van der Waals surface area contributed by atoms with Gasteiger partial charge in [0.1, 0.15) is 11.4 Å². The molecule has 0 saturated carbocycles. The number of fused-ring (bicyclic) bond motifs is 2. The van der Waals surface area contributed by atoms with Gasteiger partial charge in [-0.25, -0.2) is 0 Å². The zero-order valence-electron chi connectivity index (χ0n) is 16.3. The lowest BCUT2D eigenvalue weighted by molar-refractivity contribution is 0.0964. The summed E-state index contributed by atoms with van der Waals surface area (Å²) in [5, 5.41) is 0. The topological polar surface area (TPSA) is 89.0 Å². The van der Waals surface area contributed by atoms with Gasteiger partial charge in [-0.2, -0.15) is 0 Å². The van der Waals surface area contributed by atoms with Gasteiger partial charge < -0.3 is 9.55 Å². The van der Waals surface area contributed by atoms with Gasteiger partial charge in [0.25, 0.3) is 5.56 Å². The molecule has 0 radical (unpaired) electrons. The third-order valence-corrected chi connectivity index (χ3v) is 5.01. The van der Waals surface area contributed by atoms with E-state index in [0.29, 0.717) is 23.6 Å². The number of hydrogen-bond donors (Lipinski definition) is 1. The molecule has 0 fully saturated rings. The Morgan fingerprint density at radius 3 is 2.19 bits per heavy atom. The number of H-pyrrole nitrogens is 1. The summed E-state index contributed by atoms with van der Waals surface area (Å²) < 4.78 is 1.40. The average Bonchev–Trinajstić information content (AvgIpc) is 2.53. The first-order chi connectivity index (χ1) is 12.6. The molecule has 1 unspecified atom stereocenters. The molecule has 0 bridgehead atoms. The van der Waals surface area contributed by atoms with E-state index in [2.05, 4.69) is 18.8 Å². The zero-order chi connectivity index (χ0) is 20.0. The molecular weight excluding hydrogens is 344 g/mol. The van der Waals surface area contributed by atoms with Crippen LogP contribution in [-0.4, -0.2) is 21.1 Å². The molecule has 0 saturated heterocycles. The summed E-state index contributed by atoms with van der Waals surface area (Å²) in [6.07, 6.45) is 0.893. The van der Waals surface area contributed by atoms with Crippen molar-refractivity contribution in [3.05, 3.63) is 66.5 Å². The number of aromatic amines is 1. The molecule has 142 valence electrons. The number of nitrogens with one attached hydrogen (secondary N) is 1. The van der Waals surface area contributed by atoms with Crippen LogP contribution in [0.15, 0.2) is 21.7 Å².